The first kappa shape index (κ1) is 21.0. The standard InChI is InChI=1S/C22H30N8OS/c1-2-15-12-29(13-25-23)17-11-24-22(28-20(17)30(15)16-5-3-4-6-16)27-19-10-9-18(32-19)21(31)26-14-7-8-14/h9-11,13-16H,2-8,12,23H2,1H3,(H,26,31)(H,24,27,28)/b25-13-. The molecule has 2 fully saturated rings. The summed E-state index contributed by atoms with van der Waals surface area (Å²) in [6.45, 7) is 3.04. The number of hydrogen-bond donors (Lipinski definition) is 3. The van der Waals surface area contributed by atoms with Crippen LogP contribution in [0.4, 0.5) is 22.5 Å². The van der Waals surface area contributed by atoms with Crippen LogP contribution >= 0.6 is 11.3 Å². The van der Waals surface area contributed by atoms with E-state index in [-0.39, 0.29) is 5.91 Å². The van der Waals surface area contributed by atoms with Crippen molar-refractivity contribution in [2.45, 2.75) is 70.0 Å². The number of carbonyl (C=O) groups is 1. The summed E-state index contributed by atoms with van der Waals surface area (Å²) in [5.41, 5.74) is 0.928. The highest BCUT2D eigenvalue weighted by Crippen LogP contribution is 2.39. The molecule has 170 valence electrons. The number of nitrogens with zero attached hydrogens (tertiary/aromatic N) is 5. The number of nitrogens with two attached hydrogens (primary N) is 1. The van der Waals surface area contributed by atoms with E-state index in [0.29, 0.717) is 29.0 Å². The molecule has 2 aliphatic carbocycles. The minimum atomic E-state index is -0.00757. The van der Waals surface area contributed by atoms with Gasteiger partial charge >= 0.3 is 0 Å². The van der Waals surface area contributed by atoms with Crippen LogP contribution in [-0.4, -0.2) is 46.9 Å². The smallest absolute Gasteiger partial charge is 0.261 e. The van der Waals surface area contributed by atoms with E-state index >= 15 is 0 Å². The summed E-state index contributed by atoms with van der Waals surface area (Å²) in [7, 11) is 0. The molecule has 2 aromatic heterocycles. The van der Waals surface area contributed by atoms with Gasteiger partial charge in [-0.15, -0.1) is 11.3 Å². The highest BCUT2D eigenvalue weighted by molar-refractivity contribution is 7.18. The van der Waals surface area contributed by atoms with Gasteiger partial charge in [-0.3, -0.25) is 4.79 Å². The van der Waals surface area contributed by atoms with Crippen molar-refractivity contribution in [3.8, 4) is 0 Å². The summed E-state index contributed by atoms with van der Waals surface area (Å²) in [6.07, 6.45) is 11.6. The maximum Gasteiger partial charge on any atom is 0.261 e. The molecule has 3 aliphatic rings. The van der Waals surface area contributed by atoms with E-state index in [1.54, 1.807) is 6.34 Å². The third-order valence-electron chi connectivity index (χ3n) is 6.48. The summed E-state index contributed by atoms with van der Waals surface area (Å²) in [5, 5.41) is 10.9. The van der Waals surface area contributed by atoms with Crippen LogP contribution in [0.1, 0.15) is 61.5 Å². The Morgan fingerprint density at radius 3 is 2.84 bits per heavy atom. The molecule has 3 heterocycles. The van der Waals surface area contributed by atoms with Crippen molar-refractivity contribution in [1.82, 2.24) is 15.3 Å². The second kappa shape index (κ2) is 8.93. The Labute approximate surface area is 192 Å². The van der Waals surface area contributed by atoms with Gasteiger partial charge in [0.05, 0.1) is 16.1 Å². The molecule has 4 N–H and O–H groups in total. The van der Waals surface area contributed by atoms with Gasteiger partial charge in [-0.2, -0.15) is 10.1 Å². The van der Waals surface area contributed by atoms with Crippen LogP contribution < -0.4 is 26.3 Å². The van der Waals surface area contributed by atoms with E-state index < -0.39 is 0 Å². The fourth-order valence-corrected chi connectivity index (χ4v) is 5.50. The molecule has 5 rings (SSSR count). The van der Waals surface area contributed by atoms with Gasteiger partial charge in [-0.1, -0.05) is 19.8 Å². The molecule has 1 amide bonds. The number of fused-ring (bicyclic) bond motifs is 1. The predicted molar refractivity (Wildman–Crippen MR) is 129 cm³/mol. The fourth-order valence-electron chi connectivity index (χ4n) is 4.70. The second-order valence-corrected chi connectivity index (χ2v) is 9.85. The van der Waals surface area contributed by atoms with E-state index in [1.807, 2.05) is 23.2 Å². The molecule has 1 unspecified atom stereocenters. The third-order valence-corrected chi connectivity index (χ3v) is 7.48. The quantitative estimate of drug-likeness (QED) is 0.254. The normalized spacial score (nSPS) is 21.2. The van der Waals surface area contributed by atoms with Crippen molar-refractivity contribution in [2.75, 3.05) is 21.7 Å². The van der Waals surface area contributed by atoms with Gasteiger partial charge in [0.15, 0.2) is 5.82 Å². The Bertz CT molecular complexity index is 998. The van der Waals surface area contributed by atoms with Crippen molar-refractivity contribution in [2.24, 2.45) is 10.9 Å². The number of rotatable bonds is 7. The lowest BCUT2D eigenvalue weighted by Gasteiger charge is -2.44. The molecule has 0 bridgehead atoms. The molecule has 9 nitrogen and oxygen atoms in total. The Kier molecular flexibility index (Phi) is 5.86. The summed E-state index contributed by atoms with van der Waals surface area (Å²) >= 11 is 1.42. The van der Waals surface area contributed by atoms with Crippen LogP contribution in [0.2, 0.25) is 0 Å². The van der Waals surface area contributed by atoms with E-state index in [0.717, 1.165) is 42.3 Å². The van der Waals surface area contributed by atoms with Crippen molar-refractivity contribution < 1.29 is 4.79 Å². The van der Waals surface area contributed by atoms with Crippen LogP contribution in [0, 0.1) is 0 Å². The van der Waals surface area contributed by atoms with Gasteiger partial charge < -0.3 is 26.3 Å². The molecule has 32 heavy (non-hydrogen) atoms. The molecule has 10 heteroatoms. The van der Waals surface area contributed by atoms with Crippen molar-refractivity contribution in [1.29, 1.82) is 0 Å². The lowest BCUT2D eigenvalue weighted by molar-refractivity contribution is 0.0955. The monoisotopic (exact) mass is 454 g/mol. The first-order chi connectivity index (χ1) is 15.7. The molecular weight excluding hydrogens is 424 g/mol. The fraction of sp³-hybridized carbons (Fsp3) is 0.545. The zero-order valence-electron chi connectivity index (χ0n) is 18.3. The third kappa shape index (κ3) is 4.23. The van der Waals surface area contributed by atoms with E-state index in [2.05, 4.69) is 32.5 Å². The van der Waals surface area contributed by atoms with E-state index in [4.69, 9.17) is 10.8 Å². The summed E-state index contributed by atoms with van der Waals surface area (Å²) in [5.74, 6) is 6.93. The number of hydrogen-bond acceptors (Lipinski definition) is 8. The average molecular weight is 455 g/mol. The number of anilines is 4. The van der Waals surface area contributed by atoms with Crippen LogP contribution in [-0.2, 0) is 0 Å². The highest BCUT2D eigenvalue weighted by Gasteiger charge is 2.36. The SMILES string of the molecule is CCC1CN(/C=N\N)c2cnc(Nc3ccc(C(=O)NC4CC4)s3)nc2N1C1CCCC1. The summed E-state index contributed by atoms with van der Waals surface area (Å²) in [4.78, 5) is 27.1. The first-order valence-electron chi connectivity index (χ1n) is 11.5. The predicted octanol–water partition coefficient (Wildman–Crippen LogP) is 3.42. The zero-order chi connectivity index (χ0) is 22.1. The molecule has 0 radical (unpaired) electrons. The minimum Gasteiger partial charge on any atom is -0.349 e. The van der Waals surface area contributed by atoms with Crippen molar-refractivity contribution in [3.05, 3.63) is 23.2 Å². The molecular formula is C22H30N8OS. The van der Waals surface area contributed by atoms with Gasteiger partial charge in [-0.25, -0.2) is 4.98 Å². The second-order valence-electron chi connectivity index (χ2n) is 8.76. The van der Waals surface area contributed by atoms with Gasteiger partial charge in [0.1, 0.15) is 12.0 Å². The molecule has 2 saturated carbocycles. The first-order valence-corrected chi connectivity index (χ1v) is 12.3. The minimum absolute atomic E-state index is 0.00757. The number of thiophene rings is 1. The molecule has 0 aromatic carbocycles. The molecule has 0 spiro atoms. The number of aromatic nitrogens is 2. The van der Waals surface area contributed by atoms with Crippen LogP contribution in [0.15, 0.2) is 23.4 Å². The Hall–Kier alpha value is -2.88. The summed E-state index contributed by atoms with van der Waals surface area (Å²) in [6, 6.07) is 4.94. The number of hydrazone groups is 1. The molecule has 2 aromatic rings. The van der Waals surface area contributed by atoms with Crippen molar-refractivity contribution >= 4 is 46.0 Å². The van der Waals surface area contributed by atoms with E-state index in [9.17, 15) is 4.79 Å². The number of amides is 1. The lowest BCUT2D eigenvalue weighted by atomic mass is 10.0. The van der Waals surface area contributed by atoms with Crippen molar-refractivity contribution in [3.63, 3.8) is 0 Å². The van der Waals surface area contributed by atoms with Crippen LogP contribution in [0.25, 0.3) is 0 Å². The van der Waals surface area contributed by atoms with Gasteiger partial charge in [0.2, 0.25) is 5.95 Å². The lowest BCUT2D eigenvalue weighted by Crippen LogP contribution is -2.52. The van der Waals surface area contributed by atoms with E-state index in [1.165, 1.54) is 37.0 Å². The highest BCUT2D eigenvalue weighted by atomic mass is 32.1. The maximum atomic E-state index is 12.3. The largest absolute Gasteiger partial charge is 0.349 e. The molecule has 0 saturated heterocycles. The Balaban J connectivity index is 1.42. The van der Waals surface area contributed by atoms with Crippen LogP contribution in [0.3, 0.4) is 0 Å². The van der Waals surface area contributed by atoms with Crippen LogP contribution in [0.5, 0.6) is 0 Å². The average Bonchev–Trinajstić information content (AvgIpc) is 3.25. The topological polar surface area (TPSA) is 112 Å². The summed E-state index contributed by atoms with van der Waals surface area (Å²) < 4.78 is 0. The Morgan fingerprint density at radius 1 is 1.31 bits per heavy atom. The number of carbonyl (C=O) groups excluding carboxylic acids is 1. The number of nitrogens with one attached hydrogen (secondary N) is 2. The Morgan fingerprint density at radius 2 is 2.12 bits per heavy atom. The zero-order valence-corrected chi connectivity index (χ0v) is 19.1. The van der Waals surface area contributed by atoms with Gasteiger partial charge in [0.25, 0.3) is 5.91 Å². The molecule has 1 atom stereocenters. The van der Waals surface area contributed by atoms with Gasteiger partial charge in [-0.05, 0) is 44.2 Å². The molecule has 1 aliphatic heterocycles. The van der Waals surface area contributed by atoms with Gasteiger partial charge in [0, 0.05) is 24.7 Å². The maximum absolute atomic E-state index is 12.3.